The van der Waals surface area contributed by atoms with Crippen molar-refractivity contribution in [2.75, 3.05) is 18.9 Å². The first kappa shape index (κ1) is 17.8. The molecule has 134 valence electrons. The molecule has 0 amide bonds. The Morgan fingerprint density at radius 1 is 1.48 bits per heavy atom. The number of guanidine groups is 2. The summed E-state index contributed by atoms with van der Waals surface area (Å²) in [6, 6.07) is -0.280. The van der Waals surface area contributed by atoms with Gasteiger partial charge in [-0.1, -0.05) is 6.58 Å². The largest absolute Gasteiger partial charge is 0.386 e. The molecule has 0 radical (unpaired) electrons. The van der Waals surface area contributed by atoms with Crippen LogP contribution in [0.25, 0.3) is 0 Å². The van der Waals surface area contributed by atoms with Crippen LogP contribution in [0.1, 0.15) is 11.6 Å². The summed E-state index contributed by atoms with van der Waals surface area (Å²) in [6.45, 7) is 4.15. The summed E-state index contributed by atoms with van der Waals surface area (Å²) in [7, 11) is 1.80. The van der Waals surface area contributed by atoms with Gasteiger partial charge in [-0.2, -0.15) is 0 Å². The number of imidazole rings is 1. The fourth-order valence-electron chi connectivity index (χ4n) is 2.42. The predicted octanol–water partition coefficient (Wildman–Crippen LogP) is -4.02. The summed E-state index contributed by atoms with van der Waals surface area (Å²) < 4.78 is 0. The van der Waals surface area contributed by atoms with Crippen molar-refractivity contribution < 1.29 is 9.98 Å². The Bertz CT molecular complexity index is 736. The van der Waals surface area contributed by atoms with Gasteiger partial charge in [0, 0.05) is 0 Å². The second-order valence-corrected chi connectivity index (χ2v) is 5.45. The zero-order valence-corrected chi connectivity index (χ0v) is 14.0. The van der Waals surface area contributed by atoms with E-state index in [1.807, 2.05) is 12.3 Å². The number of anilines is 1. The molecule has 0 spiro atoms. The van der Waals surface area contributed by atoms with Gasteiger partial charge in [0.05, 0.1) is 49.5 Å². The normalized spacial score (nSPS) is 17.0. The molecule has 2 heterocycles. The zero-order chi connectivity index (χ0) is 18.4. The van der Waals surface area contributed by atoms with Crippen molar-refractivity contribution in [2.24, 2.45) is 32.9 Å². The number of aromatic amines is 2. The lowest BCUT2D eigenvalue weighted by Gasteiger charge is -2.23. The van der Waals surface area contributed by atoms with Crippen LogP contribution in [0.5, 0.6) is 0 Å². The van der Waals surface area contributed by atoms with Crippen LogP contribution in [0.2, 0.25) is 0 Å². The van der Waals surface area contributed by atoms with Crippen molar-refractivity contribution >= 4 is 24.1 Å². The van der Waals surface area contributed by atoms with Crippen molar-refractivity contribution in [1.82, 2.24) is 10.3 Å². The van der Waals surface area contributed by atoms with Gasteiger partial charge in [0.25, 0.3) is 0 Å². The minimum Gasteiger partial charge on any atom is -0.386 e. The number of aliphatic imine (C=N–C) groups is 2. The molecule has 11 heteroatoms. The fourth-order valence-corrected chi connectivity index (χ4v) is 2.42. The summed E-state index contributed by atoms with van der Waals surface area (Å²) >= 11 is 0. The summed E-state index contributed by atoms with van der Waals surface area (Å²) in [5.74, 6) is 1.26. The van der Waals surface area contributed by atoms with E-state index in [2.05, 4.69) is 42.2 Å². The molecular formula is C14H25N11+2. The molecule has 2 unspecified atom stereocenters. The Morgan fingerprint density at radius 3 is 2.76 bits per heavy atom. The van der Waals surface area contributed by atoms with Crippen LogP contribution in [0.15, 0.2) is 40.4 Å². The van der Waals surface area contributed by atoms with E-state index in [0.717, 1.165) is 11.6 Å². The molecule has 0 saturated heterocycles. The lowest BCUT2D eigenvalue weighted by atomic mass is 9.95. The van der Waals surface area contributed by atoms with Gasteiger partial charge in [0.2, 0.25) is 5.96 Å². The number of hydrogen-bond acceptors (Lipinski definition) is 6. The smallest absolute Gasteiger partial charge is 0.352 e. The first-order valence-electron chi connectivity index (χ1n) is 7.60. The Labute approximate surface area is 145 Å². The molecule has 13 N–H and O–H groups in total. The molecule has 1 aromatic heterocycles. The van der Waals surface area contributed by atoms with Gasteiger partial charge in [-0.15, -0.1) is 0 Å². The summed E-state index contributed by atoms with van der Waals surface area (Å²) in [6.07, 6.45) is 5.29. The van der Waals surface area contributed by atoms with Crippen molar-refractivity contribution in [2.45, 2.75) is 12.0 Å². The van der Waals surface area contributed by atoms with Gasteiger partial charge in [-0.3, -0.25) is 21.8 Å². The molecule has 0 aromatic carbocycles. The SMILES string of the molecule is C=C(N)NC(C=C1C=NC(N)=N1)C(C[NH+]=C(N)N)c1c[nH+]c(NC)[nH]1. The molecular weight excluding hydrogens is 322 g/mol. The van der Waals surface area contributed by atoms with Gasteiger partial charge in [-0.05, 0) is 6.08 Å². The van der Waals surface area contributed by atoms with E-state index in [-0.39, 0.29) is 23.9 Å². The Kier molecular flexibility index (Phi) is 5.61. The van der Waals surface area contributed by atoms with E-state index in [0.29, 0.717) is 18.1 Å². The molecule has 1 aromatic rings. The number of nitrogens with two attached hydrogens (primary N) is 4. The third kappa shape index (κ3) is 4.99. The molecule has 11 nitrogen and oxygen atoms in total. The number of nitrogens with zero attached hydrogens (tertiary/aromatic N) is 2. The predicted molar refractivity (Wildman–Crippen MR) is 97.3 cm³/mol. The molecule has 0 saturated carbocycles. The zero-order valence-electron chi connectivity index (χ0n) is 14.0. The van der Waals surface area contributed by atoms with Gasteiger partial charge in [0.1, 0.15) is 5.69 Å². The first-order valence-corrected chi connectivity index (χ1v) is 7.60. The average molecular weight is 347 g/mol. The van der Waals surface area contributed by atoms with Crippen LogP contribution in [-0.4, -0.2) is 42.8 Å². The maximum atomic E-state index is 5.76. The number of hydrogen-bond donors (Lipinski definition) is 8. The van der Waals surface area contributed by atoms with Crippen LogP contribution in [0.4, 0.5) is 5.95 Å². The molecule has 0 fully saturated rings. The Hall–Kier alpha value is -3.50. The highest BCUT2D eigenvalue weighted by atomic mass is 15.1. The van der Waals surface area contributed by atoms with E-state index in [9.17, 15) is 0 Å². The average Bonchev–Trinajstić information content (AvgIpc) is 3.15. The van der Waals surface area contributed by atoms with Gasteiger partial charge < -0.3 is 16.8 Å². The lowest BCUT2D eigenvalue weighted by molar-refractivity contribution is -0.463. The van der Waals surface area contributed by atoms with Crippen LogP contribution >= 0.6 is 0 Å². The maximum absolute atomic E-state index is 5.76. The van der Waals surface area contributed by atoms with Gasteiger partial charge >= 0.3 is 11.9 Å². The Balaban J connectivity index is 2.38. The monoisotopic (exact) mass is 347 g/mol. The van der Waals surface area contributed by atoms with Gasteiger partial charge in [-0.25, -0.2) is 20.0 Å². The van der Waals surface area contributed by atoms with Crippen molar-refractivity contribution in [3.05, 3.63) is 36.1 Å². The van der Waals surface area contributed by atoms with Crippen LogP contribution in [-0.2, 0) is 0 Å². The van der Waals surface area contributed by atoms with Crippen molar-refractivity contribution in [3.8, 4) is 0 Å². The van der Waals surface area contributed by atoms with Crippen LogP contribution in [0, 0.1) is 0 Å². The minimum absolute atomic E-state index is 0.122. The van der Waals surface area contributed by atoms with Gasteiger partial charge in [0.15, 0.2) is 0 Å². The maximum Gasteiger partial charge on any atom is 0.352 e. The molecule has 2 rings (SSSR count). The summed E-state index contributed by atoms with van der Waals surface area (Å²) in [5.41, 5.74) is 24.0. The quantitative estimate of drug-likeness (QED) is 0.174. The Morgan fingerprint density at radius 2 is 2.24 bits per heavy atom. The topological polar surface area (TPSA) is 197 Å². The second-order valence-electron chi connectivity index (χ2n) is 5.45. The highest BCUT2D eigenvalue weighted by Gasteiger charge is 2.27. The third-order valence-corrected chi connectivity index (χ3v) is 3.53. The highest BCUT2D eigenvalue weighted by molar-refractivity contribution is 5.99. The number of rotatable bonds is 8. The van der Waals surface area contributed by atoms with Crippen LogP contribution in [0.3, 0.4) is 0 Å². The number of nitrogens with one attached hydrogen (secondary N) is 5. The number of aromatic nitrogens is 2. The summed E-state index contributed by atoms with van der Waals surface area (Å²) in [5, 5.41) is 6.12. The van der Waals surface area contributed by atoms with Crippen molar-refractivity contribution in [3.63, 3.8) is 0 Å². The molecule has 2 atom stereocenters. The first-order chi connectivity index (χ1) is 11.9. The number of H-pyrrole nitrogens is 2. The number of allylic oxidation sites excluding steroid dienone is 1. The van der Waals surface area contributed by atoms with Crippen LogP contribution < -0.4 is 43.5 Å². The second kappa shape index (κ2) is 7.86. The standard InChI is InChI=1S/C14H23N11/c1-7(15)23-10(3-8-4-21-13(18)24-8)9(5-20-12(16)17)11-6-22-14(19-2)25-11/h3-4,6,9-10,23H,1,5,15H2,2H3,(H2,18,24)(H4,16,17,20)(H2,19,22,25)/p+2. The highest BCUT2D eigenvalue weighted by Crippen LogP contribution is 2.19. The third-order valence-electron chi connectivity index (χ3n) is 3.53. The van der Waals surface area contributed by atoms with E-state index in [1.54, 1.807) is 13.3 Å². The molecule has 1 aliphatic heterocycles. The van der Waals surface area contributed by atoms with E-state index in [4.69, 9.17) is 22.9 Å². The summed E-state index contributed by atoms with van der Waals surface area (Å²) in [4.78, 5) is 17.4. The van der Waals surface area contributed by atoms with Crippen molar-refractivity contribution in [1.29, 1.82) is 0 Å². The molecule has 25 heavy (non-hydrogen) atoms. The molecule has 0 aliphatic carbocycles. The minimum atomic E-state index is -0.280. The van der Waals surface area contributed by atoms with E-state index >= 15 is 0 Å². The fraction of sp³-hybridized carbons (Fsp3) is 0.286. The lowest BCUT2D eigenvalue weighted by Crippen LogP contribution is -2.79. The van der Waals surface area contributed by atoms with E-state index in [1.165, 1.54) is 0 Å². The molecule has 0 bridgehead atoms. The van der Waals surface area contributed by atoms with E-state index < -0.39 is 0 Å². The molecule has 1 aliphatic rings.